The average Bonchev–Trinajstić information content (AvgIpc) is 3.22. The van der Waals surface area contributed by atoms with E-state index < -0.39 is 5.60 Å². The molecule has 0 saturated carbocycles. The van der Waals surface area contributed by atoms with Crippen LogP contribution in [0.5, 0.6) is 0 Å². The van der Waals surface area contributed by atoms with Gasteiger partial charge in [0.15, 0.2) is 0 Å². The summed E-state index contributed by atoms with van der Waals surface area (Å²) in [5.41, 5.74) is 8.65. The first kappa shape index (κ1) is 18.9. The molecular weight excluding hydrogens is 338 g/mol. The molecule has 0 fully saturated rings. The fourth-order valence-corrected chi connectivity index (χ4v) is 3.33. The van der Waals surface area contributed by atoms with E-state index >= 15 is 0 Å². The standard InChI is InChI=1S/C22H25N3O2/c1-14(2)22(27,20-12-24-13-25-20)19-9-7-16(8-10-19)18-6-4-5-17(11-18)15(3)21(23)26/h4-15,27H,1-3H3,(H2,23,26)(H,24,25). The predicted octanol–water partition coefficient (Wildman–Crippen LogP) is 3.56. The van der Waals surface area contributed by atoms with Crippen molar-refractivity contribution in [3.63, 3.8) is 0 Å². The normalized spacial score (nSPS) is 14.7. The van der Waals surface area contributed by atoms with E-state index in [0.29, 0.717) is 5.69 Å². The molecule has 4 N–H and O–H groups in total. The molecule has 2 atom stereocenters. The van der Waals surface area contributed by atoms with Crippen LogP contribution in [0, 0.1) is 5.92 Å². The highest BCUT2D eigenvalue weighted by Gasteiger charge is 2.36. The number of aliphatic hydroxyl groups is 1. The van der Waals surface area contributed by atoms with Gasteiger partial charge < -0.3 is 15.8 Å². The minimum atomic E-state index is -1.14. The summed E-state index contributed by atoms with van der Waals surface area (Å²) in [6, 6.07) is 15.6. The topological polar surface area (TPSA) is 92.0 Å². The number of nitrogens with one attached hydrogen (secondary N) is 1. The molecule has 27 heavy (non-hydrogen) atoms. The van der Waals surface area contributed by atoms with Gasteiger partial charge >= 0.3 is 0 Å². The third-order valence-electron chi connectivity index (χ3n) is 5.22. The van der Waals surface area contributed by atoms with Crippen molar-refractivity contribution in [2.75, 3.05) is 0 Å². The second-order valence-corrected chi connectivity index (χ2v) is 7.21. The van der Waals surface area contributed by atoms with Gasteiger partial charge in [-0.3, -0.25) is 4.79 Å². The van der Waals surface area contributed by atoms with Gasteiger partial charge in [-0.2, -0.15) is 0 Å². The van der Waals surface area contributed by atoms with E-state index in [4.69, 9.17) is 5.73 Å². The van der Waals surface area contributed by atoms with Crippen LogP contribution in [-0.2, 0) is 10.4 Å². The number of hydrogen-bond donors (Lipinski definition) is 3. The van der Waals surface area contributed by atoms with Gasteiger partial charge in [0, 0.05) is 0 Å². The van der Waals surface area contributed by atoms with Gasteiger partial charge in [-0.15, -0.1) is 0 Å². The third kappa shape index (κ3) is 3.51. The number of primary amides is 1. The third-order valence-corrected chi connectivity index (χ3v) is 5.22. The fraction of sp³-hybridized carbons (Fsp3) is 0.273. The maximum atomic E-state index is 11.5. The molecule has 0 aliphatic carbocycles. The molecule has 1 amide bonds. The molecule has 140 valence electrons. The smallest absolute Gasteiger partial charge is 0.224 e. The first-order valence-electron chi connectivity index (χ1n) is 9.05. The highest BCUT2D eigenvalue weighted by Crippen LogP contribution is 2.36. The lowest BCUT2D eigenvalue weighted by molar-refractivity contribution is -0.119. The highest BCUT2D eigenvalue weighted by atomic mass is 16.3. The van der Waals surface area contributed by atoms with Gasteiger partial charge in [0.25, 0.3) is 0 Å². The summed E-state index contributed by atoms with van der Waals surface area (Å²) in [6.45, 7) is 5.75. The van der Waals surface area contributed by atoms with E-state index in [1.165, 1.54) is 0 Å². The van der Waals surface area contributed by atoms with Gasteiger partial charge in [0.1, 0.15) is 5.60 Å². The molecule has 0 spiro atoms. The molecule has 0 aliphatic rings. The lowest BCUT2D eigenvalue weighted by Gasteiger charge is -2.31. The van der Waals surface area contributed by atoms with Crippen LogP contribution >= 0.6 is 0 Å². The van der Waals surface area contributed by atoms with Crippen molar-refractivity contribution in [1.29, 1.82) is 0 Å². The first-order valence-corrected chi connectivity index (χ1v) is 9.05. The molecular formula is C22H25N3O2. The Morgan fingerprint density at radius 3 is 2.37 bits per heavy atom. The maximum Gasteiger partial charge on any atom is 0.224 e. The van der Waals surface area contributed by atoms with Crippen LogP contribution in [0.1, 0.15) is 43.5 Å². The molecule has 0 bridgehead atoms. The molecule has 2 unspecified atom stereocenters. The number of aromatic nitrogens is 2. The Morgan fingerprint density at radius 2 is 1.81 bits per heavy atom. The van der Waals surface area contributed by atoms with Crippen LogP contribution in [0.25, 0.3) is 11.1 Å². The summed E-state index contributed by atoms with van der Waals surface area (Å²) >= 11 is 0. The van der Waals surface area contributed by atoms with E-state index in [-0.39, 0.29) is 17.7 Å². The summed E-state index contributed by atoms with van der Waals surface area (Å²) in [5.74, 6) is -0.719. The molecule has 3 aromatic rings. The number of imidazole rings is 1. The van der Waals surface area contributed by atoms with E-state index in [1.807, 2.05) is 62.4 Å². The second-order valence-electron chi connectivity index (χ2n) is 7.21. The number of hydrogen-bond acceptors (Lipinski definition) is 3. The maximum absolute atomic E-state index is 11.5. The number of amides is 1. The first-order chi connectivity index (χ1) is 12.8. The Bertz CT molecular complexity index is 917. The van der Waals surface area contributed by atoms with Crippen LogP contribution < -0.4 is 5.73 Å². The predicted molar refractivity (Wildman–Crippen MR) is 106 cm³/mol. The largest absolute Gasteiger partial charge is 0.379 e. The van der Waals surface area contributed by atoms with E-state index in [2.05, 4.69) is 9.97 Å². The summed E-state index contributed by atoms with van der Waals surface area (Å²) in [7, 11) is 0. The minimum absolute atomic E-state index is 0.0384. The Balaban J connectivity index is 1.96. The van der Waals surface area contributed by atoms with Crippen molar-refractivity contribution >= 4 is 5.91 Å². The van der Waals surface area contributed by atoms with Gasteiger partial charge in [0.05, 0.1) is 24.1 Å². The molecule has 1 heterocycles. The quantitative estimate of drug-likeness (QED) is 0.625. The van der Waals surface area contributed by atoms with Crippen molar-refractivity contribution < 1.29 is 9.90 Å². The molecule has 5 nitrogen and oxygen atoms in total. The van der Waals surface area contributed by atoms with Crippen molar-refractivity contribution in [3.05, 3.63) is 77.9 Å². The molecule has 0 radical (unpaired) electrons. The van der Waals surface area contributed by atoms with E-state index in [1.54, 1.807) is 19.4 Å². The van der Waals surface area contributed by atoms with Crippen LogP contribution in [0.2, 0.25) is 0 Å². The lowest BCUT2D eigenvalue weighted by Crippen LogP contribution is -2.33. The average molecular weight is 363 g/mol. The minimum Gasteiger partial charge on any atom is -0.379 e. The van der Waals surface area contributed by atoms with Crippen molar-refractivity contribution in [3.8, 4) is 11.1 Å². The molecule has 3 rings (SSSR count). The van der Waals surface area contributed by atoms with E-state index in [9.17, 15) is 9.90 Å². The monoisotopic (exact) mass is 363 g/mol. The van der Waals surface area contributed by atoms with Crippen molar-refractivity contribution in [2.24, 2.45) is 11.7 Å². The van der Waals surface area contributed by atoms with Gasteiger partial charge in [-0.25, -0.2) is 4.98 Å². The summed E-state index contributed by atoms with van der Waals surface area (Å²) in [6.07, 6.45) is 3.23. The Labute approximate surface area is 159 Å². The number of benzene rings is 2. The van der Waals surface area contributed by atoms with Crippen LogP contribution in [0.3, 0.4) is 0 Å². The SMILES string of the molecule is CC(C(N)=O)c1cccc(-c2ccc(C(O)(c3cnc[nH]3)C(C)C)cc2)c1. The van der Waals surface area contributed by atoms with Crippen LogP contribution in [0.15, 0.2) is 61.1 Å². The Hall–Kier alpha value is -2.92. The highest BCUT2D eigenvalue weighted by molar-refractivity contribution is 5.82. The number of H-pyrrole nitrogens is 1. The zero-order valence-corrected chi connectivity index (χ0v) is 15.8. The summed E-state index contributed by atoms with van der Waals surface area (Å²) < 4.78 is 0. The zero-order chi connectivity index (χ0) is 19.6. The van der Waals surface area contributed by atoms with E-state index in [0.717, 1.165) is 22.3 Å². The van der Waals surface area contributed by atoms with Crippen molar-refractivity contribution in [2.45, 2.75) is 32.3 Å². The fourth-order valence-electron chi connectivity index (χ4n) is 3.33. The molecule has 0 aliphatic heterocycles. The van der Waals surface area contributed by atoms with Crippen molar-refractivity contribution in [1.82, 2.24) is 9.97 Å². The van der Waals surface area contributed by atoms with Gasteiger partial charge in [-0.1, -0.05) is 62.4 Å². The molecule has 5 heteroatoms. The van der Waals surface area contributed by atoms with Gasteiger partial charge in [-0.05, 0) is 35.1 Å². The summed E-state index contributed by atoms with van der Waals surface area (Å²) in [4.78, 5) is 18.5. The number of nitrogens with zero attached hydrogens (tertiary/aromatic N) is 1. The summed E-state index contributed by atoms with van der Waals surface area (Å²) in [5, 5.41) is 11.3. The van der Waals surface area contributed by atoms with Gasteiger partial charge in [0.2, 0.25) is 5.91 Å². The van der Waals surface area contributed by atoms with Crippen LogP contribution in [0.4, 0.5) is 0 Å². The number of aromatic amines is 1. The molecule has 1 aromatic heterocycles. The number of nitrogens with two attached hydrogens (primary N) is 1. The Morgan fingerprint density at radius 1 is 1.11 bits per heavy atom. The molecule has 0 saturated heterocycles. The zero-order valence-electron chi connectivity index (χ0n) is 15.8. The number of carbonyl (C=O) groups excluding carboxylic acids is 1. The Kier molecular flexibility index (Phi) is 5.15. The number of carbonyl (C=O) groups is 1. The number of rotatable bonds is 6. The lowest BCUT2D eigenvalue weighted by atomic mass is 9.80. The second kappa shape index (κ2) is 7.37. The molecule has 2 aromatic carbocycles. The van der Waals surface area contributed by atoms with Crippen LogP contribution in [-0.4, -0.2) is 21.0 Å².